The van der Waals surface area contributed by atoms with Crippen LogP contribution < -0.4 is 5.32 Å². The van der Waals surface area contributed by atoms with E-state index in [0.29, 0.717) is 24.1 Å². The van der Waals surface area contributed by atoms with Crippen molar-refractivity contribution in [3.63, 3.8) is 0 Å². The van der Waals surface area contributed by atoms with Gasteiger partial charge in [0.1, 0.15) is 5.58 Å². The average molecular weight is 351 g/mol. The second-order valence-corrected chi connectivity index (χ2v) is 8.57. The van der Waals surface area contributed by atoms with E-state index in [2.05, 4.69) is 5.32 Å². The molecule has 7 heteroatoms. The molecule has 1 N–H and O–H groups in total. The normalized spacial score (nSPS) is 22.8. The number of nitrogens with one attached hydrogen (secondary N) is 1. The second kappa shape index (κ2) is 6.22. The first kappa shape index (κ1) is 17.0. The van der Waals surface area contributed by atoms with Crippen LogP contribution in [0, 0.1) is 0 Å². The zero-order chi connectivity index (χ0) is 17.4. The van der Waals surface area contributed by atoms with Gasteiger partial charge in [-0.25, -0.2) is 13.2 Å². The van der Waals surface area contributed by atoms with Crippen LogP contribution in [0.15, 0.2) is 28.7 Å². The van der Waals surface area contributed by atoms with E-state index in [4.69, 9.17) is 9.15 Å². The lowest BCUT2D eigenvalue weighted by Crippen LogP contribution is -2.43. The maximum Gasteiger partial charge on any atom is 0.374 e. The zero-order valence-corrected chi connectivity index (χ0v) is 14.6. The molecule has 2 heterocycles. The molecule has 0 amide bonds. The summed E-state index contributed by atoms with van der Waals surface area (Å²) in [6, 6.07) is 7.39. The third kappa shape index (κ3) is 3.32. The number of hydrogen-bond donors (Lipinski definition) is 1. The van der Waals surface area contributed by atoms with Crippen molar-refractivity contribution in [2.75, 3.05) is 18.1 Å². The van der Waals surface area contributed by atoms with Crippen molar-refractivity contribution in [3.8, 4) is 0 Å². The lowest BCUT2D eigenvalue weighted by Gasteiger charge is -2.23. The summed E-state index contributed by atoms with van der Waals surface area (Å²) in [5.74, 6) is -0.0394. The van der Waals surface area contributed by atoms with Gasteiger partial charge in [0.25, 0.3) is 0 Å². The van der Waals surface area contributed by atoms with Gasteiger partial charge in [-0.1, -0.05) is 18.2 Å². The van der Waals surface area contributed by atoms with Gasteiger partial charge in [-0.3, -0.25) is 0 Å². The topological polar surface area (TPSA) is 85.6 Å². The Morgan fingerprint density at radius 2 is 2.12 bits per heavy atom. The molecule has 1 aliphatic heterocycles. The molecule has 0 bridgehead atoms. The van der Waals surface area contributed by atoms with E-state index in [-0.39, 0.29) is 23.9 Å². The van der Waals surface area contributed by atoms with Gasteiger partial charge in [-0.15, -0.1) is 0 Å². The number of fused-ring (bicyclic) bond motifs is 1. The van der Waals surface area contributed by atoms with E-state index in [0.717, 1.165) is 5.39 Å². The van der Waals surface area contributed by atoms with Gasteiger partial charge >= 0.3 is 5.97 Å². The molecule has 24 heavy (non-hydrogen) atoms. The van der Waals surface area contributed by atoms with Gasteiger partial charge in [-0.05, 0) is 26.3 Å². The van der Waals surface area contributed by atoms with Crippen molar-refractivity contribution in [1.82, 2.24) is 5.32 Å². The summed E-state index contributed by atoms with van der Waals surface area (Å²) in [7, 11) is -3.00. The minimum Gasteiger partial charge on any atom is -0.460 e. The van der Waals surface area contributed by atoms with Crippen LogP contribution in [-0.2, 0) is 21.1 Å². The van der Waals surface area contributed by atoms with Crippen molar-refractivity contribution in [3.05, 3.63) is 35.6 Å². The highest BCUT2D eigenvalue weighted by atomic mass is 32.2. The molecule has 6 nitrogen and oxygen atoms in total. The molecular weight excluding hydrogens is 330 g/mol. The summed E-state index contributed by atoms with van der Waals surface area (Å²) in [5.41, 5.74) is 0.819. The zero-order valence-electron chi connectivity index (χ0n) is 13.8. The van der Waals surface area contributed by atoms with Gasteiger partial charge in [0.05, 0.1) is 18.1 Å². The Morgan fingerprint density at radius 3 is 2.79 bits per heavy atom. The van der Waals surface area contributed by atoms with Crippen molar-refractivity contribution in [2.45, 2.75) is 32.4 Å². The van der Waals surface area contributed by atoms with Crippen LogP contribution in [0.4, 0.5) is 0 Å². The Balaban J connectivity index is 1.90. The summed E-state index contributed by atoms with van der Waals surface area (Å²) < 4.78 is 34.2. The van der Waals surface area contributed by atoms with Crippen LogP contribution in [0.5, 0.6) is 0 Å². The monoisotopic (exact) mass is 351 g/mol. The number of rotatable bonds is 5. The number of furan rings is 1. The van der Waals surface area contributed by atoms with Gasteiger partial charge in [0.15, 0.2) is 9.84 Å². The molecule has 2 aromatic rings. The van der Waals surface area contributed by atoms with Gasteiger partial charge < -0.3 is 14.5 Å². The number of carbonyl (C=O) groups excluding carboxylic acids is 1. The van der Waals surface area contributed by atoms with E-state index >= 15 is 0 Å². The number of para-hydroxylation sites is 1. The Kier molecular flexibility index (Phi) is 4.40. The van der Waals surface area contributed by atoms with Crippen molar-refractivity contribution in [2.24, 2.45) is 0 Å². The minimum absolute atomic E-state index is 0.102. The number of hydrogen-bond acceptors (Lipinski definition) is 6. The summed E-state index contributed by atoms with van der Waals surface area (Å²) in [6.45, 7) is 4.24. The molecule has 3 rings (SSSR count). The van der Waals surface area contributed by atoms with Crippen molar-refractivity contribution >= 4 is 26.8 Å². The highest BCUT2D eigenvalue weighted by Crippen LogP contribution is 2.29. The van der Waals surface area contributed by atoms with E-state index in [1.165, 1.54) is 0 Å². The molecule has 1 aromatic heterocycles. The summed E-state index contributed by atoms with van der Waals surface area (Å²) in [6.07, 6.45) is 0.555. The number of ether oxygens (including phenoxy) is 1. The van der Waals surface area contributed by atoms with Crippen molar-refractivity contribution in [1.29, 1.82) is 0 Å². The first-order valence-electron chi connectivity index (χ1n) is 7.96. The highest BCUT2D eigenvalue weighted by Gasteiger charge is 2.38. The summed E-state index contributed by atoms with van der Waals surface area (Å²) in [4.78, 5) is 12.2. The number of benzene rings is 1. The molecular formula is C17H21NO5S. The maximum absolute atomic E-state index is 12.2. The van der Waals surface area contributed by atoms with Crippen LogP contribution in [-0.4, -0.2) is 38.0 Å². The van der Waals surface area contributed by atoms with Gasteiger partial charge in [-0.2, -0.15) is 0 Å². The first-order chi connectivity index (χ1) is 11.3. The molecule has 130 valence electrons. The largest absolute Gasteiger partial charge is 0.460 e. The van der Waals surface area contributed by atoms with Gasteiger partial charge in [0, 0.05) is 23.0 Å². The smallest absolute Gasteiger partial charge is 0.374 e. The number of sulfone groups is 1. The van der Waals surface area contributed by atoms with Crippen LogP contribution in [0.3, 0.4) is 0 Å². The summed E-state index contributed by atoms with van der Waals surface area (Å²) in [5, 5.41) is 4.13. The molecule has 0 radical (unpaired) electrons. The lowest BCUT2D eigenvalue weighted by molar-refractivity contribution is 0.0490. The van der Waals surface area contributed by atoms with Gasteiger partial charge in [0.2, 0.25) is 5.76 Å². The lowest BCUT2D eigenvalue weighted by atomic mass is 10.0. The molecule has 1 atom stereocenters. The minimum atomic E-state index is -3.00. The third-order valence-corrected chi connectivity index (χ3v) is 6.26. The molecule has 1 aliphatic rings. The van der Waals surface area contributed by atoms with Crippen LogP contribution in [0.25, 0.3) is 11.0 Å². The van der Waals surface area contributed by atoms with E-state index in [1.54, 1.807) is 13.0 Å². The fraction of sp³-hybridized carbons (Fsp3) is 0.471. The van der Waals surface area contributed by atoms with E-state index in [1.807, 2.05) is 25.1 Å². The Hall–Kier alpha value is -1.86. The first-order valence-corrected chi connectivity index (χ1v) is 9.79. The highest BCUT2D eigenvalue weighted by molar-refractivity contribution is 7.91. The van der Waals surface area contributed by atoms with Crippen molar-refractivity contribution < 1.29 is 22.4 Å². The predicted molar refractivity (Wildman–Crippen MR) is 90.7 cm³/mol. The quantitative estimate of drug-likeness (QED) is 0.832. The molecule has 0 saturated carbocycles. The fourth-order valence-corrected chi connectivity index (χ4v) is 5.21. The Bertz CT molecular complexity index is 870. The molecule has 0 aliphatic carbocycles. The van der Waals surface area contributed by atoms with E-state index < -0.39 is 21.3 Å². The second-order valence-electron chi connectivity index (χ2n) is 6.38. The maximum atomic E-state index is 12.2. The van der Waals surface area contributed by atoms with Crippen LogP contribution >= 0.6 is 0 Å². The third-order valence-electron chi connectivity index (χ3n) is 4.35. The van der Waals surface area contributed by atoms with Crippen LogP contribution in [0.1, 0.15) is 36.4 Å². The standard InChI is InChI=1S/C17H21NO5S/c1-3-22-16(19)15-13(12-6-4-5-7-14(12)23-15)10-18-17(2)8-9-24(20,21)11-17/h4-7,18H,3,8-11H2,1-2H3. The number of carbonyl (C=O) groups is 1. The van der Waals surface area contributed by atoms with Crippen LogP contribution in [0.2, 0.25) is 0 Å². The Labute approximate surface area is 141 Å². The van der Waals surface area contributed by atoms with E-state index in [9.17, 15) is 13.2 Å². The number of esters is 1. The molecule has 1 aromatic carbocycles. The SMILES string of the molecule is CCOC(=O)c1oc2ccccc2c1CNC1(C)CCS(=O)(=O)C1. The Morgan fingerprint density at radius 1 is 1.38 bits per heavy atom. The molecule has 1 unspecified atom stereocenters. The molecule has 1 saturated heterocycles. The summed E-state index contributed by atoms with van der Waals surface area (Å²) >= 11 is 0. The predicted octanol–water partition coefficient (Wildman–Crippen LogP) is 2.28. The molecule has 1 fully saturated rings. The fourth-order valence-electron chi connectivity index (χ4n) is 3.09. The average Bonchev–Trinajstić information content (AvgIpc) is 3.03. The molecule has 0 spiro atoms.